The van der Waals surface area contributed by atoms with Gasteiger partial charge in [-0.1, -0.05) is 12.1 Å². The maximum Gasteiger partial charge on any atom is 0.260 e. The minimum Gasteiger partial charge on any atom is -0.298 e. The van der Waals surface area contributed by atoms with Crippen LogP contribution in [0.1, 0.15) is 16.1 Å². The van der Waals surface area contributed by atoms with E-state index < -0.39 is 5.82 Å². The first-order valence-corrected chi connectivity index (χ1v) is 9.23. The first-order chi connectivity index (χ1) is 13.5. The normalized spacial score (nSPS) is 10.8. The van der Waals surface area contributed by atoms with Gasteiger partial charge >= 0.3 is 0 Å². The quantitative estimate of drug-likeness (QED) is 0.537. The number of thiazole rings is 1. The number of anilines is 1. The molecule has 140 valence electrons. The molecule has 0 fully saturated rings. The molecule has 28 heavy (non-hydrogen) atoms. The van der Waals surface area contributed by atoms with Gasteiger partial charge in [0.2, 0.25) is 0 Å². The Hall–Kier alpha value is -3.39. The van der Waals surface area contributed by atoms with Gasteiger partial charge in [0, 0.05) is 10.9 Å². The summed E-state index contributed by atoms with van der Waals surface area (Å²) in [4.78, 5) is 17.0. The highest BCUT2D eigenvalue weighted by molar-refractivity contribution is 7.14. The van der Waals surface area contributed by atoms with Gasteiger partial charge in [-0.15, -0.1) is 11.3 Å². The maximum atomic E-state index is 14.0. The molecule has 0 spiro atoms. The summed E-state index contributed by atoms with van der Waals surface area (Å²) in [5.74, 6) is -1.14. The van der Waals surface area contributed by atoms with Gasteiger partial charge in [-0.3, -0.25) is 10.1 Å². The van der Waals surface area contributed by atoms with E-state index >= 15 is 0 Å². The van der Waals surface area contributed by atoms with E-state index in [0.717, 1.165) is 5.56 Å². The van der Waals surface area contributed by atoms with E-state index in [4.69, 9.17) is 0 Å². The second kappa shape index (κ2) is 7.32. The lowest BCUT2D eigenvalue weighted by molar-refractivity contribution is 0.102. The second-order valence-electron chi connectivity index (χ2n) is 6.01. The molecule has 1 amide bonds. The van der Waals surface area contributed by atoms with Crippen molar-refractivity contribution in [1.29, 1.82) is 0 Å². The molecule has 0 radical (unpaired) electrons. The topological polar surface area (TPSA) is 59.8 Å². The third kappa shape index (κ3) is 3.41. The molecular weight excluding hydrogens is 382 g/mol. The number of carbonyl (C=O) groups excluding carboxylic acids is 1. The molecular formula is C20H14F2N4OS. The van der Waals surface area contributed by atoms with E-state index in [9.17, 15) is 13.6 Å². The standard InChI is InChI=1S/C20H14F2N4OS/c1-12-15(10-23-26(12)18-5-3-2-4-16(18)22)19(27)25-20-24-17(11-28-20)13-6-8-14(21)9-7-13/h2-11H,1H3,(H,24,25,27). The minimum absolute atomic E-state index is 0.270. The van der Waals surface area contributed by atoms with Crippen molar-refractivity contribution >= 4 is 22.4 Å². The van der Waals surface area contributed by atoms with E-state index in [-0.39, 0.29) is 17.4 Å². The molecule has 0 bridgehead atoms. The Balaban J connectivity index is 1.55. The molecule has 0 atom stereocenters. The summed E-state index contributed by atoms with van der Waals surface area (Å²) in [6, 6.07) is 12.2. The Morgan fingerprint density at radius 3 is 2.61 bits per heavy atom. The number of halogens is 2. The van der Waals surface area contributed by atoms with Crippen molar-refractivity contribution in [3.63, 3.8) is 0 Å². The molecule has 0 saturated carbocycles. The van der Waals surface area contributed by atoms with Crippen LogP contribution in [0.25, 0.3) is 16.9 Å². The number of nitrogens with zero attached hydrogens (tertiary/aromatic N) is 3. The maximum absolute atomic E-state index is 14.0. The first-order valence-electron chi connectivity index (χ1n) is 8.35. The molecule has 1 N–H and O–H groups in total. The Morgan fingerprint density at radius 1 is 1.11 bits per heavy atom. The van der Waals surface area contributed by atoms with Crippen LogP contribution in [-0.4, -0.2) is 20.7 Å². The second-order valence-corrected chi connectivity index (χ2v) is 6.86. The number of carbonyl (C=O) groups is 1. The number of rotatable bonds is 4. The number of nitrogens with one attached hydrogen (secondary N) is 1. The van der Waals surface area contributed by atoms with E-state index in [2.05, 4.69) is 15.4 Å². The lowest BCUT2D eigenvalue weighted by Crippen LogP contribution is -2.13. The highest BCUT2D eigenvalue weighted by Crippen LogP contribution is 2.26. The van der Waals surface area contributed by atoms with Gasteiger partial charge in [0.1, 0.15) is 17.3 Å². The minimum atomic E-state index is -0.426. The molecule has 2 heterocycles. The molecule has 2 aromatic heterocycles. The zero-order valence-corrected chi connectivity index (χ0v) is 15.5. The number of para-hydroxylation sites is 1. The van der Waals surface area contributed by atoms with Crippen LogP contribution in [0.4, 0.5) is 13.9 Å². The van der Waals surface area contributed by atoms with E-state index in [1.165, 1.54) is 40.4 Å². The predicted octanol–water partition coefficient (Wildman–Crippen LogP) is 4.83. The fraction of sp³-hybridized carbons (Fsp3) is 0.0500. The van der Waals surface area contributed by atoms with Gasteiger partial charge in [0.05, 0.1) is 23.1 Å². The van der Waals surface area contributed by atoms with Crippen molar-refractivity contribution in [1.82, 2.24) is 14.8 Å². The van der Waals surface area contributed by atoms with Crippen LogP contribution in [0.2, 0.25) is 0 Å². The van der Waals surface area contributed by atoms with Crippen molar-refractivity contribution in [2.24, 2.45) is 0 Å². The van der Waals surface area contributed by atoms with Crippen LogP contribution in [-0.2, 0) is 0 Å². The molecule has 0 aliphatic rings. The summed E-state index contributed by atoms with van der Waals surface area (Å²) < 4.78 is 28.4. The molecule has 4 rings (SSSR count). The van der Waals surface area contributed by atoms with Crippen LogP contribution < -0.4 is 5.32 Å². The van der Waals surface area contributed by atoms with E-state index in [1.807, 2.05) is 0 Å². The van der Waals surface area contributed by atoms with Crippen molar-refractivity contribution < 1.29 is 13.6 Å². The average molecular weight is 396 g/mol. The van der Waals surface area contributed by atoms with Crippen molar-refractivity contribution in [3.8, 4) is 16.9 Å². The number of hydrogen-bond acceptors (Lipinski definition) is 4. The van der Waals surface area contributed by atoms with Crippen LogP contribution >= 0.6 is 11.3 Å². The third-order valence-electron chi connectivity index (χ3n) is 4.20. The average Bonchev–Trinajstić information content (AvgIpc) is 3.30. The first kappa shape index (κ1) is 18.0. The van der Waals surface area contributed by atoms with Crippen LogP contribution in [0.5, 0.6) is 0 Å². The predicted molar refractivity (Wildman–Crippen MR) is 104 cm³/mol. The highest BCUT2D eigenvalue weighted by Gasteiger charge is 2.18. The fourth-order valence-corrected chi connectivity index (χ4v) is 3.46. The summed E-state index contributed by atoms with van der Waals surface area (Å²) in [6.07, 6.45) is 1.39. The van der Waals surface area contributed by atoms with Crippen molar-refractivity contribution in [2.45, 2.75) is 6.92 Å². The Kier molecular flexibility index (Phi) is 4.70. The summed E-state index contributed by atoms with van der Waals surface area (Å²) in [7, 11) is 0. The zero-order chi connectivity index (χ0) is 19.7. The van der Waals surface area contributed by atoms with E-state index in [0.29, 0.717) is 22.1 Å². The lowest BCUT2D eigenvalue weighted by atomic mass is 10.2. The summed E-state index contributed by atoms with van der Waals surface area (Å²) >= 11 is 1.26. The van der Waals surface area contributed by atoms with E-state index in [1.54, 1.807) is 42.6 Å². The summed E-state index contributed by atoms with van der Waals surface area (Å²) in [6.45, 7) is 1.69. The van der Waals surface area contributed by atoms with Crippen molar-refractivity contribution in [2.75, 3.05) is 5.32 Å². The number of aromatic nitrogens is 3. The molecule has 2 aromatic carbocycles. The van der Waals surface area contributed by atoms with Gasteiger partial charge < -0.3 is 0 Å². The third-order valence-corrected chi connectivity index (χ3v) is 4.96. The molecule has 0 aliphatic heterocycles. The monoisotopic (exact) mass is 396 g/mol. The number of hydrogen-bond donors (Lipinski definition) is 1. The Morgan fingerprint density at radius 2 is 1.86 bits per heavy atom. The molecule has 8 heteroatoms. The van der Waals surface area contributed by atoms with Gasteiger partial charge in [0.25, 0.3) is 5.91 Å². The molecule has 0 saturated heterocycles. The van der Waals surface area contributed by atoms with Gasteiger partial charge in [-0.05, 0) is 43.3 Å². The van der Waals surface area contributed by atoms with Gasteiger partial charge in [0.15, 0.2) is 5.13 Å². The highest BCUT2D eigenvalue weighted by atomic mass is 32.1. The molecule has 0 aliphatic carbocycles. The number of benzene rings is 2. The van der Waals surface area contributed by atoms with Gasteiger partial charge in [-0.25, -0.2) is 18.4 Å². The molecule has 5 nitrogen and oxygen atoms in total. The Labute approximate surface area is 163 Å². The fourth-order valence-electron chi connectivity index (χ4n) is 2.75. The smallest absolute Gasteiger partial charge is 0.260 e. The van der Waals surface area contributed by atoms with Gasteiger partial charge in [-0.2, -0.15) is 5.10 Å². The Bertz CT molecular complexity index is 1150. The van der Waals surface area contributed by atoms with Crippen LogP contribution in [0.15, 0.2) is 60.1 Å². The SMILES string of the molecule is Cc1c(C(=O)Nc2nc(-c3ccc(F)cc3)cs2)cnn1-c1ccccc1F. The lowest BCUT2D eigenvalue weighted by Gasteiger charge is -2.06. The summed E-state index contributed by atoms with van der Waals surface area (Å²) in [5, 5.41) is 9.04. The summed E-state index contributed by atoms with van der Waals surface area (Å²) in [5.41, 5.74) is 2.49. The number of amides is 1. The van der Waals surface area contributed by atoms with Crippen molar-refractivity contribution in [3.05, 3.63) is 83.0 Å². The molecule has 0 unspecified atom stereocenters. The largest absolute Gasteiger partial charge is 0.298 e. The van der Waals surface area contributed by atoms with Crippen LogP contribution in [0.3, 0.4) is 0 Å². The molecule has 4 aromatic rings. The van der Waals surface area contributed by atoms with Crippen LogP contribution in [0, 0.1) is 18.6 Å². The zero-order valence-electron chi connectivity index (χ0n) is 14.7.